The van der Waals surface area contributed by atoms with Gasteiger partial charge in [-0.3, -0.25) is 4.79 Å². The third-order valence-corrected chi connectivity index (χ3v) is 9.50. The highest BCUT2D eigenvalue weighted by atomic mass is 127. The second-order valence-electron chi connectivity index (χ2n) is 7.63. The molecule has 0 N–H and O–H groups in total. The molecule has 1 aromatic rings. The van der Waals surface area contributed by atoms with Crippen LogP contribution >= 0.6 is 34.4 Å². The van der Waals surface area contributed by atoms with Crippen molar-refractivity contribution in [3.63, 3.8) is 0 Å². The van der Waals surface area contributed by atoms with Crippen LogP contribution in [0.4, 0.5) is 5.69 Å². The summed E-state index contributed by atoms with van der Waals surface area (Å²) in [6.45, 7) is 0. The monoisotopic (exact) mass is 518 g/mol. The van der Waals surface area contributed by atoms with E-state index in [1.54, 1.807) is 0 Å². The molecule has 2 atom stereocenters. The molecule has 3 aliphatic rings. The zero-order chi connectivity index (χ0) is 19.0. The van der Waals surface area contributed by atoms with E-state index >= 15 is 0 Å². The molecule has 2 aliphatic heterocycles. The molecule has 1 saturated carbocycles. The molecule has 8 heteroatoms. The van der Waals surface area contributed by atoms with E-state index in [1.165, 1.54) is 37.4 Å². The van der Waals surface area contributed by atoms with Gasteiger partial charge in [0.15, 0.2) is 15.0 Å². The molecule has 1 amide bonds. The molecule has 5 nitrogen and oxygen atoms in total. The maximum atomic E-state index is 12.5. The maximum absolute atomic E-state index is 12.5. The number of amides is 1. The molecule has 1 aliphatic carbocycles. The van der Waals surface area contributed by atoms with Gasteiger partial charge >= 0.3 is 0 Å². The lowest BCUT2D eigenvalue weighted by molar-refractivity contribution is -0.118. The summed E-state index contributed by atoms with van der Waals surface area (Å²) in [4.78, 5) is 18.9. The average Bonchev–Trinajstić information content (AvgIpc) is 3.27. The van der Waals surface area contributed by atoms with Crippen LogP contribution < -0.4 is 4.90 Å². The Kier molecular flexibility index (Phi) is 5.85. The fourth-order valence-corrected chi connectivity index (χ4v) is 8.74. The molecule has 0 aromatic heterocycles. The van der Waals surface area contributed by atoms with Crippen molar-refractivity contribution in [3.05, 3.63) is 27.8 Å². The van der Waals surface area contributed by atoms with Crippen LogP contribution in [0.1, 0.15) is 38.5 Å². The van der Waals surface area contributed by atoms with Crippen LogP contribution in [0, 0.1) is 9.49 Å². The highest BCUT2D eigenvalue weighted by Crippen LogP contribution is 2.41. The van der Waals surface area contributed by atoms with E-state index in [1.807, 2.05) is 29.2 Å². The summed E-state index contributed by atoms with van der Waals surface area (Å²) >= 11 is 3.70. The van der Waals surface area contributed by atoms with E-state index in [4.69, 9.17) is 0 Å². The van der Waals surface area contributed by atoms with Crippen LogP contribution in [0.5, 0.6) is 0 Å². The summed E-state index contributed by atoms with van der Waals surface area (Å²) in [6.07, 6.45) is 6.43. The summed E-state index contributed by atoms with van der Waals surface area (Å²) in [5, 5.41) is 0.618. The van der Waals surface area contributed by atoms with Gasteiger partial charge < -0.3 is 4.90 Å². The van der Waals surface area contributed by atoms with Crippen molar-refractivity contribution in [3.8, 4) is 0 Å². The summed E-state index contributed by atoms with van der Waals surface area (Å²) < 4.78 is 25.3. The molecule has 3 fully saturated rings. The van der Waals surface area contributed by atoms with Crippen LogP contribution in [0.2, 0.25) is 0 Å². The number of benzene rings is 1. The lowest BCUT2D eigenvalue weighted by Crippen LogP contribution is -2.37. The predicted molar refractivity (Wildman–Crippen MR) is 119 cm³/mol. The minimum atomic E-state index is -3.03. The quantitative estimate of drug-likeness (QED) is 0.567. The van der Waals surface area contributed by atoms with Crippen LogP contribution in [-0.2, 0) is 14.6 Å². The Morgan fingerprint density at radius 1 is 1.26 bits per heavy atom. The second-order valence-corrected chi connectivity index (χ2v) is 12.2. The number of carbonyl (C=O) groups is 1. The first kappa shape index (κ1) is 19.7. The van der Waals surface area contributed by atoms with Crippen molar-refractivity contribution in [2.24, 2.45) is 10.9 Å². The Balaban J connectivity index is 1.55. The number of fused-ring (bicyclic) bond motifs is 1. The number of anilines is 1. The number of hydrogen-bond donors (Lipinski definition) is 0. The Hall–Kier alpha value is -0.610. The molecule has 0 radical (unpaired) electrons. The Labute approximate surface area is 178 Å². The van der Waals surface area contributed by atoms with Crippen LogP contribution in [0.25, 0.3) is 0 Å². The molecule has 0 unspecified atom stereocenters. The van der Waals surface area contributed by atoms with Gasteiger partial charge in [0, 0.05) is 20.9 Å². The molecular formula is C19H23IN2O3S2. The van der Waals surface area contributed by atoms with Crippen molar-refractivity contribution >= 4 is 61.0 Å². The molecule has 2 saturated heterocycles. The number of nitrogens with zero attached hydrogens (tertiary/aromatic N) is 2. The number of carbonyl (C=O) groups excluding carboxylic acids is 1. The van der Waals surface area contributed by atoms with Crippen LogP contribution in [0.3, 0.4) is 0 Å². The minimum absolute atomic E-state index is 0.0470. The SMILES string of the molecule is O=C(CCC1CCCC1)N=C1S[C@H]2CS(=O)(=O)C[C@H]2N1c1cccc(I)c1. The lowest BCUT2D eigenvalue weighted by Gasteiger charge is -2.24. The Bertz CT molecular complexity index is 865. The minimum Gasteiger partial charge on any atom is -0.316 e. The standard InChI is InChI=1S/C19H23IN2O3S2/c20-14-6-3-7-15(10-14)22-16-11-27(24,25)12-17(16)26-19(22)21-18(23)9-8-13-4-1-2-5-13/h3,6-7,10,13,16-17H,1-2,4-5,8-9,11-12H2/t16-,17+/m1/s1. The number of sulfone groups is 1. The number of aliphatic imine (C=N–C) groups is 1. The van der Waals surface area contributed by atoms with E-state index in [0.29, 0.717) is 17.5 Å². The van der Waals surface area contributed by atoms with Crippen molar-refractivity contribution in [2.75, 3.05) is 16.4 Å². The predicted octanol–water partition coefficient (Wildman–Crippen LogP) is 3.86. The summed E-state index contributed by atoms with van der Waals surface area (Å²) in [7, 11) is -3.03. The van der Waals surface area contributed by atoms with Gasteiger partial charge in [0.25, 0.3) is 0 Å². The van der Waals surface area contributed by atoms with E-state index < -0.39 is 9.84 Å². The number of halogens is 1. The van der Waals surface area contributed by atoms with Crippen molar-refractivity contribution in [2.45, 2.75) is 49.8 Å². The second kappa shape index (κ2) is 8.02. The first-order valence-electron chi connectivity index (χ1n) is 9.45. The van der Waals surface area contributed by atoms with Gasteiger partial charge in [0.05, 0.1) is 17.5 Å². The number of hydrogen-bond acceptors (Lipinski definition) is 4. The van der Waals surface area contributed by atoms with Gasteiger partial charge in [-0.05, 0) is 53.1 Å². The van der Waals surface area contributed by atoms with Gasteiger partial charge in [0.2, 0.25) is 5.91 Å². The zero-order valence-electron chi connectivity index (χ0n) is 15.0. The zero-order valence-corrected chi connectivity index (χ0v) is 18.8. The number of rotatable bonds is 4. The molecule has 0 bridgehead atoms. The van der Waals surface area contributed by atoms with Gasteiger partial charge in [0.1, 0.15) is 0 Å². The molecule has 1 aromatic carbocycles. The summed E-state index contributed by atoms with van der Waals surface area (Å²) in [6, 6.07) is 7.80. The third kappa shape index (κ3) is 4.53. The third-order valence-electron chi connectivity index (χ3n) is 5.61. The van der Waals surface area contributed by atoms with E-state index in [0.717, 1.165) is 15.7 Å². The summed E-state index contributed by atoms with van der Waals surface area (Å²) in [5.74, 6) is 0.883. The normalized spacial score (nSPS) is 28.8. The van der Waals surface area contributed by atoms with E-state index in [9.17, 15) is 13.2 Å². The van der Waals surface area contributed by atoms with E-state index in [2.05, 4.69) is 27.6 Å². The Morgan fingerprint density at radius 3 is 2.78 bits per heavy atom. The molecule has 2 heterocycles. The molecular weight excluding hydrogens is 495 g/mol. The first-order valence-corrected chi connectivity index (χ1v) is 13.2. The van der Waals surface area contributed by atoms with Crippen molar-refractivity contribution < 1.29 is 13.2 Å². The number of thioether (sulfide) groups is 1. The van der Waals surface area contributed by atoms with Gasteiger partial charge in [-0.1, -0.05) is 43.5 Å². The largest absolute Gasteiger partial charge is 0.316 e. The van der Waals surface area contributed by atoms with Crippen LogP contribution in [0.15, 0.2) is 29.3 Å². The van der Waals surface area contributed by atoms with Crippen molar-refractivity contribution in [1.82, 2.24) is 0 Å². The number of amidine groups is 1. The van der Waals surface area contributed by atoms with E-state index in [-0.39, 0.29) is 28.7 Å². The van der Waals surface area contributed by atoms with Crippen molar-refractivity contribution in [1.29, 1.82) is 0 Å². The van der Waals surface area contributed by atoms with Crippen LogP contribution in [-0.4, -0.2) is 42.3 Å². The van der Waals surface area contributed by atoms with Gasteiger partial charge in [-0.25, -0.2) is 8.42 Å². The highest BCUT2D eigenvalue weighted by molar-refractivity contribution is 14.1. The maximum Gasteiger partial charge on any atom is 0.248 e. The fraction of sp³-hybridized carbons (Fsp3) is 0.579. The highest BCUT2D eigenvalue weighted by Gasteiger charge is 2.49. The smallest absolute Gasteiger partial charge is 0.248 e. The summed E-state index contributed by atoms with van der Waals surface area (Å²) in [5.41, 5.74) is 0.918. The average molecular weight is 518 g/mol. The molecule has 27 heavy (non-hydrogen) atoms. The molecule has 146 valence electrons. The fourth-order valence-electron chi connectivity index (χ4n) is 4.28. The van der Waals surface area contributed by atoms with Gasteiger partial charge in [-0.2, -0.15) is 4.99 Å². The molecule has 4 rings (SSSR count). The lowest BCUT2D eigenvalue weighted by atomic mass is 10.0. The molecule has 0 spiro atoms. The Morgan fingerprint density at radius 2 is 2.04 bits per heavy atom. The topological polar surface area (TPSA) is 66.8 Å². The first-order chi connectivity index (χ1) is 12.9. The van der Waals surface area contributed by atoms with Gasteiger partial charge in [-0.15, -0.1) is 0 Å².